The summed E-state index contributed by atoms with van der Waals surface area (Å²) in [5.41, 5.74) is 2.85. The third-order valence-corrected chi connectivity index (χ3v) is 5.37. The number of anilines is 1. The number of para-hydroxylation sites is 1. The molecule has 0 spiro atoms. The molecule has 3 aromatic rings. The Morgan fingerprint density at radius 2 is 1.90 bits per heavy atom. The first-order valence-corrected chi connectivity index (χ1v) is 9.66. The summed E-state index contributed by atoms with van der Waals surface area (Å²) in [6.07, 6.45) is 2.52. The number of amides is 1. The van der Waals surface area contributed by atoms with Crippen LogP contribution in [0.2, 0.25) is 0 Å². The largest absolute Gasteiger partial charge is 0.467 e. The second kappa shape index (κ2) is 8.07. The standard InChI is InChI=1S/C23H22F2N2O2/c1-15-13-16-5-2-3-8-21(16)27(15)14-22-18(10-12-29-22)23(28)26-11-9-17-19(24)6-4-7-20(17)25/h2-8,10,12,15H,9,11,13-14H2,1H3,(H,26,28). The van der Waals surface area contributed by atoms with Crippen molar-refractivity contribution in [3.63, 3.8) is 0 Å². The van der Waals surface area contributed by atoms with Crippen LogP contribution in [0.15, 0.2) is 59.2 Å². The Balaban J connectivity index is 1.42. The van der Waals surface area contributed by atoms with Crippen molar-refractivity contribution in [3.05, 3.63) is 88.9 Å². The Morgan fingerprint density at radius 3 is 2.69 bits per heavy atom. The van der Waals surface area contributed by atoms with E-state index in [2.05, 4.69) is 29.3 Å². The molecule has 0 saturated carbocycles. The second-order valence-corrected chi connectivity index (χ2v) is 7.27. The van der Waals surface area contributed by atoms with Crippen molar-refractivity contribution >= 4 is 11.6 Å². The molecular weight excluding hydrogens is 374 g/mol. The summed E-state index contributed by atoms with van der Waals surface area (Å²) in [6.45, 7) is 2.76. The molecule has 1 atom stereocenters. The SMILES string of the molecule is CC1Cc2ccccc2N1Cc1occc1C(=O)NCCc1c(F)cccc1F. The van der Waals surface area contributed by atoms with Crippen LogP contribution in [0, 0.1) is 11.6 Å². The lowest BCUT2D eigenvalue weighted by atomic mass is 10.1. The number of fused-ring (bicyclic) bond motifs is 1. The molecule has 0 bridgehead atoms. The van der Waals surface area contributed by atoms with E-state index in [1.165, 1.54) is 30.0 Å². The second-order valence-electron chi connectivity index (χ2n) is 7.27. The van der Waals surface area contributed by atoms with Gasteiger partial charge in [0.25, 0.3) is 5.91 Å². The summed E-state index contributed by atoms with van der Waals surface area (Å²) in [5, 5.41) is 2.73. The Bertz CT molecular complexity index is 1010. The maximum absolute atomic E-state index is 13.7. The zero-order valence-corrected chi connectivity index (χ0v) is 16.1. The maximum atomic E-state index is 13.7. The third kappa shape index (κ3) is 3.88. The van der Waals surface area contributed by atoms with Gasteiger partial charge in [-0.2, -0.15) is 0 Å². The number of hydrogen-bond donors (Lipinski definition) is 1. The minimum atomic E-state index is -0.607. The van der Waals surface area contributed by atoms with E-state index < -0.39 is 11.6 Å². The number of carbonyl (C=O) groups excluding carboxylic acids is 1. The highest BCUT2D eigenvalue weighted by atomic mass is 19.1. The van der Waals surface area contributed by atoms with Crippen LogP contribution in [0.5, 0.6) is 0 Å². The van der Waals surface area contributed by atoms with Crippen LogP contribution in [0.1, 0.15) is 34.2 Å². The molecule has 0 aliphatic carbocycles. The van der Waals surface area contributed by atoms with Gasteiger partial charge in [-0.15, -0.1) is 0 Å². The van der Waals surface area contributed by atoms with Crippen LogP contribution in [0.4, 0.5) is 14.5 Å². The normalized spacial score (nSPS) is 15.4. The van der Waals surface area contributed by atoms with Crippen molar-refractivity contribution in [3.8, 4) is 0 Å². The number of hydrogen-bond acceptors (Lipinski definition) is 3. The van der Waals surface area contributed by atoms with Gasteiger partial charge in [0, 0.05) is 23.8 Å². The molecule has 4 rings (SSSR count). The molecule has 0 saturated heterocycles. The molecule has 1 N–H and O–H groups in total. The van der Waals surface area contributed by atoms with E-state index in [9.17, 15) is 13.6 Å². The summed E-state index contributed by atoms with van der Waals surface area (Å²) in [5.74, 6) is -0.955. The highest BCUT2D eigenvalue weighted by Gasteiger charge is 2.28. The summed E-state index contributed by atoms with van der Waals surface area (Å²) in [6, 6.07) is 13.9. The maximum Gasteiger partial charge on any atom is 0.254 e. The van der Waals surface area contributed by atoms with E-state index >= 15 is 0 Å². The molecule has 1 amide bonds. The topological polar surface area (TPSA) is 45.5 Å². The van der Waals surface area contributed by atoms with Gasteiger partial charge in [0.2, 0.25) is 0 Å². The van der Waals surface area contributed by atoms with Crippen LogP contribution >= 0.6 is 0 Å². The first kappa shape index (κ1) is 19.2. The molecule has 4 nitrogen and oxygen atoms in total. The molecule has 150 valence electrons. The number of carbonyl (C=O) groups is 1. The Labute approximate surface area is 168 Å². The summed E-state index contributed by atoms with van der Waals surface area (Å²) >= 11 is 0. The number of furan rings is 1. The number of nitrogens with one attached hydrogen (secondary N) is 1. The number of benzene rings is 2. The fraction of sp³-hybridized carbons (Fsp3) is 0.261. The average Bonchev–Trinajstić information content (AvgIpc) is 3.29. The van der Waals surface area contributed by atoms with Gasteiger partial charge < -0.3 is 14.6 Å². The third-order valence-electron chi connectivity index (χ3n) is 5.37. The van der Waals surface area contributed by atoms with Gasteiger partial charge in [-0.1, -0.05) is 24.3 Å². The van der Waals surface area contributed by atoms with Gasteiger partial charge in [0.1, 0.15) is 17.4 Å². The Morgan fingerprint density at radius 1 is 1.14 bits per heavy atom. The summed E-state index contributed by atoms with van der Waals surface area (Å²) in [7, 11) is 0. The fourth-order valence-corrected chi connectivity index (χ4v) is 3.86. The van der Waals surface area contributed by atoms with Crippen molar-refractivity contribution in [2.75, 3.05) is 11.4 Å². The lowest BCUT2D eigenvalue weighted by Crippen LogP contribution is -2.31. The van der Waals surface area contributed by atoms with Crippen LogP contribution in [0.25, 0.3) is 0 Å². The zero-order valence-electron chi connectivity index (χ0n) is 16.1. The molecule has 0 fully saturated rings. The van der Waals surface area contributed by atoms with E-state index in [0.717, 1.165) is 12.1 Å². The van der Waals surface area contributed by atoms with E-state index in [-0.39, 0.29) is 24.4 Å². The van der Waals surface area contributed by atoms with E-state index in [1.807, 2.05) is 12.1 Å². The van der Waals surface area contributed by atoms with E-state index in [0.29, 0.717) is 23.9 Å². The van der Waals surface area contributed by atoms with E-state index in [1.54, 1.807) is 6.07 Å². The minimum Gasteiger partial charge on any atom is -0.467 e. The lowest BCUT2D eigenvalue weighted by Gasteiger charge is -2.24. The minimum absolute atomic E-state index is 0.0253. The predicted molar refractivity (Wildman–Crippen MR) is 107 cm³/mol. The van der Waals surface area contributed by atoms with Crippen molar-refractivity contribution in [1.82, 2.24) is 5.32 Å². The molecule has 0 radical (unpaired) electrons. The van der Waals surface area contributed by atoms with Gasteiger partial charge in [0.15, 0.2) is 0 Å². The quantitative estimate of drug-likeness (QED) is 0.668. The smallest absolute Gasteiger partial charge is 0.254 e. The summed E-state index contributed by atoms with van der Waals surface area (Å²) < 4.78 is 33.0. The van der Waals surface area contributed by atoms with E-state index in [4.69, 9.17) is 4.42 Å². The highest BCUT2D eigenvalue weighted by molar-refractivity contribution is 5.95. The molecular formula is C23H22F2N2O2. The van der Waals surface area contributed by atoms with Crippen molar-refractivity contribution in [2.45, 2.75) is 32.4 Å². The molecule has 29 heavy (non-hydrogen) atoms. The monoisotopic (exact) mass is 396 g/mol. The van der Waals surface area contributed by atoms with Crippen molar-refractivity contribution in [1.29, 1.82) is 0 Å². The Hall–Kier alpha value is -3.15. The summed E-state index contributed by atoms with van der Waals surface area (Å²) in [4.78, 5) is 14.8. The van der Waals surface area contributed by atoms with Crippen LogP contribution in [-0.2, 0) is 19.4 Å². The number of nitrogens with zero attached hydrogens (tertiary/aromatic N) is 1. The number of halogens is 2. The fourth-order valence-electron chi connectivity index (χ4n) is 3.86. The zero-order chi connectivity index (χ0) is 20.4. The highest BCUT2D eigenvalue weighted by Crippen LogP contribution is 2.33. The Kier molecular flexibility index (Phi) is 5.34. The van der Waals surface area contributed by atoms with Crippen LogP contribution < -0.4 is 10.2 Å². The van der Waals surface area contributed by atoms with Gasteiger partial charge in [-0.3, -0.25) is 4.79 Å². The van der Waals surface area contributed by atoms with Gasteiger partial charge in [0.05, 0.1) is 18.4 Å². The average molecular weight is 396 g/mol. The van der Waals surface area contributed by atoms with Gasteiger partial charge in [-0.25, -0.2) is 8.78 Å². The predicted octanol–water partition coefficient (Wildman–Crippen LogP) is 4.48. The molecule has 1 aliphatic rings. The molecule has 6 heteroatoms. The lowest BCUT2D eigenvalue weighted by molar-refractivity contribution is 0.0952. The van der Waals surface area contributed by atoms with Crippen LogP contribution in [-0.4, -0.2) is 18.5 Å². The first-order valence-electron chi connectivity index (χ1n) is 9.66. The van der Waals surface area contributed by atoms with Gasteiger partial charge >= 0.3 is 0 Å². The van der Waals surface area contributed by atoms with Crippen molar-refractivity contribution in [2.24, 2.45) is 0 Å². The molecule has 2 heterocycles. The molecule has 2 aromatic carbocycles. The first-order chi connectivity index (χ1) is 14.0. The van der Waals surface area contributed by atoms with Crippen molar-refractivity contribution < 1.29 is 18.0 Å². The molecule has 1 aromatic heterocycles. The molecule has 1 unspecified atom stereocenters. The molecule has 1 aliphatic heterocycles. The van der Waals surface area contributed by atoms with Crippen LogP contribution in [0.3, 0.4) is 0 Å². The number of rotatable bonds is 6. The van der Waals surface area contributed by atoms with Gasteiger partial charge in [-0.05, 0) is 49.6 Å².